The molecule has 1 aromatic heterocycles. The number of rotatable bonds is 4. The van der Waals surface area contributed by atoms with Crippen LogP contribution in [0.3, 0.4) is 0 Å². The van der Waals surface area contributed by atoms with Crippen LogP contribution in [0.2, 0.25) is 10.0 Å². The number of nitrogens with zero attached hydrogens (tertiary/aromatic N) is 2. The van der Waals surface area contributed by atoms with Gasteiger partial charge in [-0.2, -0.15) is 0 Å². The molecule has 0 fully saturated rings. The fourth-order valence-corrected chi connectivity index (χ4v) is 3.35. The van der Waals surface area contributed by atoms with E-state index in [-0.39, 0.29) is 5.78 Å². The van der Waals surface area contributed by atoms with Crippen molar-refractivity contribution >= 4 is 34.7 Å². The maximum absolute atomic E-state index is 13.1. The van der Waals surface area contributed by atoms with Gasteiger partial charge in [0, 0.05) is 23.0 Å². The minimum atomic E-state index is -0.124. The van der Waals surface area contributed by atoms with Gasteiger partial charge in [0.1, 0.15) is 0 Å². The summed E-state index contributed by atoms with van der Waals surface area (Å²) in [5.41, 5.74) is 2.44. The van der Waals surface area contributed by atoms with E-state index in [0.717, 1.165) is 19.3 Å². The summed E-state index contributed by atoms with van der Waals surface area (Å²) in [7, 11) is 0. The Bertz CT molecular complexity index is 807. The van der Waals surface area contributed by atoms with Gasteiger partial charge in [-0.25, -0.2) is 4.98 Å². The Labute approximate surface area is 151 Å². The van der Waals surface area contributed by atoms with Gasteiger partial charge in [0.05, 0.1) is 17.0 Å². The first-order valence-electron chi connectivity index (χ1n) is 7.90. The Morgan fingerprint density at radius 3 is 2.83 bits per heavy atom. The number of halogens is 2. The molecular weight excluding hydrogens is 343 g/mol. The number of hydrogen-bond donors (Lipinski definition) is 0. The molecule has 0 radical (unpaired) electrons. The van der Waals surface area contributed by atoms with E-state index in [1.807, 2.05) is 6.08 Å². The van der Waals surface area contributed by atoms with Crippen LogP contribution in [0, 0.1) is 5.92 Å². The number of benzene rings is 1. The molecule has 3 nitrogen and oxygen atoms in total. The van der Waals surface area contributed by atoms with E-state index in [4.69, 9.17) is 23.2 Å². The third-order valence-corrected chi connectivity index (χ3v) is 4.81. The summed E-state index contributed by atoms with van der Waals surface area (Å²) in [6.07, 6.45) is 12.4. The van der Waals surface area contributed by atoms with Gasteiger partial charge in [-0.15, -0.1) is 0 Å². The predicted molar refractivity (Wildman–Crippen MR) is 98.4 cm³/mol. The third kappa shape index (κ3) is 3.80. The van der Waals surface area contributed by atoms with Crippen LogP contribution in [0.1, 0.15) is 36.5 Å². The van der Waals surface area contributed by atoms with Crippen molar-refractivity contribution in [2.24, 2.45) is 5.92 Å². The molecule has 0 saturated heterocycles. The average molecular weight is 361 g/mol. The van der Waals surface area contributed by atoms with Gasteiger partial charge in [0.2, 0.25) is 5.78 Å². The van der Waals surface area contributed by atoms with Crippen LogP contribution in [0.5, 0.6) is 0 Å². The Hall–Kier alpha value is -1.84. The fraction of sp³-hybridized carbons (Fsp3) is 0.263. The average Bonchev–Trinajstić information content (AvgIpc) is 3.08. The molecule has 1 unspecified atom stereocenters. The number of aromatic nitrogens is 2. The Balaban J connectivity index is 1.98. The summed E-state index contributed by atoms with van der Waals surface area (Å²) in [6.45, 7) is 2.15. The van der Waals surface area contributed by atoms with Crippen molar-refractivity contribution in [2.45, 2.75) is 26.2 Å². The summed E-state index contributed by atoms with van der Waals surface area (Å²) < 4.78 is 1.75. The van der Waals surface area contributed by atoms with E-state index in [1.54, 1.807) is 41.5 Å². The van der Waals surface area contributed by atoms with Crippen molar-refractivity contribution in [3.05, 3.63) is 70.3 Å². The highest BCUT2D eigenvalue weighted by molar-refractivity contribution is 6.39. The lowest BCUT2D eigenvalue weighted by atomic mass is 9.89. The second-order valence-corrected chi connectivity index (χ2v) is 6.90. The zero-order valence-corrected chi connectivity index (χ0v) is 14.9. The molecule has 0 aliphatic heterocycles. The molecule has 24 heavy (non-hydrogen) atoms. The molecule has 1 atom stereocenters. The number of Topliss-reactive ketones (excluding diaryl/α,β-unsaturated/α-hetero) is 1. The summed E-state index contributed by atoms with van der Waals surface area (Å²) >= 11 is 12.2. The summed E-state index contributed by atoms with van der Waals surface area (Å²) in [5, 5.41) is 0.871. The normalized spacial score (nSPS) is 18.4. The minimum absolute atomic E-state index is 0.124. The predicted octanol–water partition coefficient (Wildman–Crippen LogP) is 5.66. The minimum Gasteiger partial charge on any atom is -0.303 e. The topological polar surface area (TPSA) is 34.9 Å². The number of ketones is 1. The van der Waals surface area contributed by atoms with Crippen LogP contribution >= 0.6 is 23.2 Å². The highest BCUT2D eigenvalue weighted by Gasteiger charge is 2.20. The van der Waals surface area contributed by atoms with Crippen molar-refractivity contribution in [3.8, 4) is 0 Å². The molecule has 0 saturated carbocycles. The van der Waals surface area contributed by atoms with E-state index < -0.39 is 0 Å². The van der Waals surface area contributed by atoms with Crippen molar-refractivity contribution < 1.29 is 4.79 Å². The van der Waals surface area contributed by atoms with Crippen molar-refractivity contribution in [3.63, 3.8) is 0 Å². The highest BCUT2D eigenvalue weighted by atomic mass is 35.5. The molecule has 0 amide bonds. The van der Waals surface area contributed by atoms with Crippen LogP contribution in [0.15, 0.2) is 54.6 Å². The van der Waals surface area contributed by atoms with Crippen LogP contribution in [-0.2, 0) is 0 Å². The van der Waals surface area contributed by atoms with E-state index in [0.29, 0.717) is 27.2 Å². The van der Waals surface area contributed by atoms with Crippen molar-refractivity contribution in [1.82, 2.24) is 9.55 Å². The van der Waals surface area contributed by atoms with Crippen molar-refractivity contribution in [2.75, 3.05) is 0 Å². The number of hydrogen-bond acceptors (Lipinski definition) is 2. The SMILES string of the molecule is CC1=CCC(/C=C(/C(=O)c2ccc(Cl)cc2Cl)n2ccnc2)CC1. The molecule has 1 aromatic carbocycles. The zero-order chi connectivity index (χ0) is 17.1. The van der Waals surface area contributed by atoms with E-state index in [1.165, 1.54) is 5.57 Å². The maximum atomic E-state index is 13.1. The summed E-state index contributed by atoms with van der Waals surface area (Å²) in [6, 6.07) is 4.94. The van der Waals surface area contributed by atoms with Crippen LogP contribution < -0.4 is 0 Å². The second-order valence-electron chi connectivity index (χ2n) is 6.06. The maximum Gasteiger partial charge on any atom is 0.210 e. The molecule has 2 aromatic rings. The number of carbonyl (C=O) groups is 1. The molecule has 0 N–H and O–H groups in total. The van der Waals surface area contributed by atoms with Crippen LogP contribution in [0.4, 0.5) is 0 Å². The highest BCUT2D eigenvalue weighted by Crippen LogP contribution is 2.29. The summed E-state index contributed by atoms with van der Waals surface area (Å²) in [5.74, 6) is 0.210. The molecule has 1 heterocycles. The van der Waals surface area contributed by atoms with E-state index in [2.05, 4.69) is 18.0 Å². The molecule has 0 spiro atoms. The molecular formula is C19H18Cl2N2O. The first-order valence-corrected chi connectivity index (χ1v) is 8.65. The molecule has 1 aliphatic rings. The smallest absolute Gasteiger partial charge is 0.210 e. The Kier molecular flexibility index (Phi) is 5.22. The largest absolute Gasteiger partial charge is 0.303 e. The van der Waals surface area contributed by atoms with Gasteiger partial charge in [-0.05, 0) is 50.3 Å². The van der Waals surface area contributed by atoms with Gasteiger partial charge in [0.25, 0.3) is 0 Å². The molecule has 3 rings (SSSR count). The quantitative estimate of drug-likeness (QED) is 0.400. The van der Waals surface area contributed by atoms with Crippen molar-refractivity contribution in [1.29, 1.82) is 0 Å². The first-order chi connectivity index (χ1) is 11.5. The first kappa shape index (κ1) is 17.0. The van der Waals surface area contributed by atoms with E-state index in [9.17, 15) is 4.79 Å². The lowest BCUT2D eigenvalue weighted by Gasteiger charge is -2.19. The lowest BCUT2D eigenvalue weighted by molar-refractivity contribution is 0.105. The monoisotopic (exact) mass is 360 g/mol. The van der Waals surface area contributed by atoms with Gasteiger partial charge < -0.3 is 4.57 Å². The molecule has 0 bridgehead atoms. The Morgan fingerprint density at radius 2 is 2.21 bits per heavy atom. The number of allylic oxidation sites excluding steroid dienone is 4. The van der Waals surface area contributed by atoms with Crippen LogP contribution in [-0.4, -0.2) is 15.3 Å². The van der Waals surface area contributed by atoms with Gasteiger partial charge >= 0.3 is 0 Å². The summed E-state index contributed by atoms with van der Waals surface area (Å²) in [4.78, 5) is 17.1. The Morgan fingerprint density at radius 1 is 1.38 bits per heavy atom. The molecule has 124 valence electrons. The third-order valence-electron chi connectivity index (χ3n) is 4.26. The second kappa shape index (κ2) is 7.37. The molecule has 5 heteroatoms. The standard InChI is InChI=1S/C19H18Cl2N2O/c1-13-2-4-14(5-3-13)10-18(23-9-8-22-12-23)19(24)16-7-6-15(20)11-17(16)21/h2,6-12,14H,3-5H2,1H3/b18-10-. The van der Waals surface area contributed by atoms with E-state index >= 15 is 0 Å². The number of imidazole rings is 1. The number of carbonyl (C=O) groups excluding carboxylic acids is 1. The lowest BCUT2D eigenvalue weighted by Crippen LogP contribution is -2.12. The molecule has 1 aliphatic carbocycles. The van der Waals surface area contributed by atoms with Crippen LogP contribution in [0.25, 0.3) is 5.70 Å². The van der Waals surface area contributed by atoms with Gasteiger partial charge in [0.15, 0.2) is 0 Å². The van der Waals surface area contributed by atoms with Gasteiger partial charge in [-0.3, -0.25) is 4.79 Å². The fourth-order valence-electron chi connectivity index (χ4n) is 2.85. The zero-order valence-electron chi connectivity index (χ0n) is 13.4. The van der Waals surface area contributed by atoms with Gasteiger partial charge in [-0.1, -0.05) is 40.9 Å².